The maximum absolute atomic E-state index is 11.4. The smallest absolute Gasteiger partial charge is 0.224 e. The first-order valence-corrected chi connectivity index (χ1v) is 5.75. The van der Waals surface area contributed by atoms with Gasteiger partial charge in [0.05, 0.1) is 5.69 Å². The van der Waals surface area contributed by atoms with Crippen LogP contribution in [-0.4, -0.2) is 20.6 Å². The van der Waals surface area contributed by atoms with Crippen molar-refractivity contribution in [2.24, 2.45) is 0 Å². The molecule has 0 aromatic heterocycles. The molecule has 0 spiro atoms. The number of rotatable bonds is 6. The van der Waals surface area contributed by atoms with Crippen LogP contribution in [0.25, 0.3) is 0 Å². The zero-order chi connectivity index (χ0) is 11.4. The average Bonchev–Trinajstić information content (AvgIpc) is 2.20. The second-order valence-electron chi connectivity index (χ2n) is 3.91. The van der Waals surface area contributed by atoms with Gasteiger partial charge < -0.3 is 10.2 Å². The lowest BCUT2D eigenvalue weighted by Crippen LogP contribution is -2.26. The molecule has 1 aromatic carbocycles. The lowest BCUT2D eigenvalue weighted by atomic mass is 10.2. The van der Waals surface area contributed by atoms with E-state index in [1.165, 1.54) is 12.8 Å². The normalized spacial score (nSPS) is 10.6. The highest BCUT2D eigenvalue weighted by atomic mass is 32.1. The van der Waals surface area contributed by atoms with E-state index in [2.05, 4.69) is 12.2 Å². The molecule has 3 nitrogen and oxygen atoms in total. The van der Waals surface area contributed by atoms with Gasteiger partial charge in [-0.15, -0.1) is 0 Å². The summed E-state index contributed by atoms with van der Waals surface area (Å²) in [6.45, 7) is 3.07. The van der Waals surface area contributed by atoms with Gasteiger partial charge in [-0.2, -0.15) is 0 Å². The average molecular weight is 226 g/mol. The molecule has 0 aliphatic carbocycles. The molecule has 1 aromatic rings. The third kappa shape index (κ3) is 2.56. The number of anilines is 2. The predicted molar refractivity (Wildman–Crippen MR) is 68.3 cm³/mol. The van der Waals surface area contributed by atoms with E-state index in [1.807, 2.05) is 19.0 Å². The summed E-state index contributed by atoms with van der Waals surface area (Å²) in [6.07, 6.45) is 3.53. The number of hydrogen-bond acceptors (Lipinski definition) is 4. The van der Waals surface area contributed by atoms with Gasteiger partial charge in [-0.3, -0.25) is 4.79 Å². The van der Waals surface area contributed by atoms with Crippen LogP contribution >= 0.6 is 12.2 Å². The van der Waals surface area contributed by atoms with Crippen LogP contribution in [-0.2, 0) is 0 Å². The summed E-state index contributed by atoms with van der Waals surface area (Å²) in [6, 6.07) is 0. The molecule has 4 heteroatoms. The molecule has 1 N–H and O–H groups in total. The summed E-state index contributed by atoms with van der Waals surface area (Å²) in [5, 5.41) is 3.24. The summed E-state index contributed by atoms with van der Waals surface area (Å²) in [5.74, 6) is 0. The second kappa shape index (κ2) is 5.26. The Bertz CT molecular complexity index is 391. The molecule has 0 saturated heterocycles. The molecular formula is C11H18N2OS. The summed E-state index contributed by atoms with van der Waals surface area (Å²) in [4.78, 5) is 13.2. The Morgan fingerprint density at radius 1 is 1.33 bits per heavy atom. The Kier molecular flexibility index (Phi) is 4.27. The molecule has 0 radical (unpaired) electrons. The SMILES string of the molecule is CCCCCNc1c(N(C)C)c(=O)c1=S. The van der Waals surface area contributed by atoms with Crippen LogP contribution in [0.4, 0.5) is 11.4 Å². The van der Waals surface area contributed by atoms with Crippen LogP contribution < -0.4 is 15.6 Å². The minimum Gasteiger partial charge on any atom is -0.382 e. The van der Waals surface area contributed by atoms with Gasteiger partial charge in [-0.1, -0.05) is 32.0 Å². The van der Waals surface area contributed by atoms with Crippen molar-refractivity contribution in [2.75, 3.05) is 30.9 Å². The molecule has 0 heterocycles. The summed E-state index contributed by atoms with van der Waals surface area (Å²) in [7, 11) is 3.73. The van der Waals surface area contributed by atoms with E-state index >= 15 is 0 Å². The van der Waals surface area contributed by atoms with Gasteiger partial charge in [-0.25, -0.2) is 0 Å². The van der Waals surface area contributed by atoms with Crippen molar-refractivity contribution < 1.29 is 0 Å². The first kappa shape index (κ1) is 12.2. The molecule has 84 valence electrons. The summed E-state index contributed by atoms with van der Waals surface area (Å²) in [5.41, 5.74) is 1.57. The maximum atomic E-state index is 11.4. The zero-order valence-electron chi connectivity index (χ0n) is 9.59. The van der Waals surface area contributed by atoms with Gasteiger partial charge in [0.1, 0.15) is 10.2 Å². The van der Waals surface area contributed by atoms with Crippen molar-refractivity contribution in [3.05, 3.63) is 14.7 Å². The molecule has 0 atom stereocenters. The van der Waals surface area contributed by atoms with Gasteiger partial charge >= 0.3 is 0 Å². The minimum absolute atomic E-state index is 0.00649. The van der Waals surface area contributed by atoms with E-state index < -0.39 is 0 Å². The largest absolute Gasteiger partial charge is 0.382 e. The molecule has 0 bridgehead atoms. The summed E-state index contributed by atoms with van der Waals surface area (Å²) >= 11 is 5.01. The van der Waals surface area contributed by atoms with Crippen LogP contribution in [0.1, 0.15) is 26.2 Å². The number of unbranched alkanes of at least 4 members (excludes halogenated alkanes) is 2. The second-order valence-corrected chi connectivity index (χ2v) is 4.32. The minimum atomic E-state index is -0.00649. The Morgan fingerprint density at radius 3 is 2.53 bits per heavy atom. The van der Waals surface area contributed by atoms with Crippen molar-refractivity contribution in [2.45, 2.75) is 26.2 Å². The fourth-order valence-corrected chi connectivity index (χ4v) is 1.82. The lowest BCUT2D eigenvalue weighted by molar-refractivity contribution is 0.743. The van der Waals surface area contributed by atoms with Gasteiger partial charge in [-0.05, 0) is 6.42 Å². The Balaban J connectivity index is 2.58. The van der Waals surface area contributed by atoms with Crippen molar-refractivity contribution in [1.29, 1.82) is 0 Å². The molecule has 1 rings (SSSR count). The predicted octanol–water partition coefficient (Wildman–Crippen LogP) is 2.32. The van der Waals surface area contributed by atoms with Crippen LogP contribution in [0.3, 0.4) is 0 Å². The van der Waals surface area contributed by atoms with Crippen LogP contribution in [0.2, 0.25) is 0 Å². The molecular weight excluding hydrogens is 208 g/mol. The molecule has 0 fully saturated rings. The Morgan fingerprint density at radius 2 is 2.00 bits per heavy atom. The van der Waals surface area contributed by atoms with E-state index in [9.17, 15) is 4.79 Å². The van der Waals surface area contributed by atoms with E-state index in [0.29, 0.717) is 4.51 Å². The van der Waals surface area contributed by atoms with Gasteiger partial charge in [0.25, 0.3) is 0 Å². The maximum Gasteiger partial charge on any atom is 0.224 e. The first-order valence-electron chi connectivity index (χ1n) is 5.34. The fourth-order valence-electron chi connectivity index (χ4n) is 1.56. The highest BCUT2D eigenvalue weighted by Crippen LogP contribution is 2.25. The third-order valence-electron chi connectivity index (χ3n) is 2.41. The van der Waals surface area contributed by atoms with Crippen LogP contribution in [0.15, 0.2) is 4.79 Å². The van der Waals surface area contributed by atoms with Crippen molar-refractivity contribution >= 4 is 23.6 Å². The molecule has 0 amide bonds. The van der Waals surface area contributed by atoms with E-state index in [0.717, 1.165) is 24.3 Å². The van der Waals surface area contributed by atoms with Gasteiger partial charge in [0, 0.05) is 20.6 Å². The third-order valence-corrected chi connectivity index (χ3v) is 2.80. The van der Waals surface area contributed by atoms with Crippen molar-refractivity contribution in [3.63, 3.8) is 0 Å². The number of nitrogens with zero attached hydrogens (tertiary/aromatic N) is 1. The number of hydrogen-bond donors (Lipinski definition) is 1. The van der Waals surface area contributed by atoms with Gasteiger partial charge in [0.2, 0.25) is 5.43 Å². The number of nitrogens with one attached hydrogen (secondary N) is 1. The lowest BCUT2D eigenvalue weighted by Gasteiger charge is -2.20. The van der Waals surface area contributed by atoms with Crippen LogP contribution in [0.5, 0.6) is 0 Å². The van der Waals surface area contributed by atoms with E-state index in [-0.39, 0.29) is 5.43 Å². The molecule has 0 aliphatic rings. The molecule has 0 aliphatic heterocycles. The fraction of sp³-hybridized carbons (Fsp3) is 0.636. The van der Waals surface area contributed by atoms with Gasteiger partial charge in [0.15, 0.2) is 0 Å². The van der Waals surface area contributed by atoms with E-state index in [4.69, 9.17) is 12.2 Å². The topological polar surface area (TPSA) is 32.3 Å². The first-order chi connectivity index (χ1) is 7.09. The molecule has 0 unspecified atom stereocenters. The molecule has 15 heavy (non-hydrogen) atoms. The molecule has 0 saturated carbocycles. The Hall–Kier alpha value is -0.900. The highest BCUT2D eigenvalue weighted by molar-refractivity contribution is 7.71. The standard InChI is InChI=1S/C11H18N2OS/c1-4-5-6-7-12-8-9(13(2)3)10(14)11(8)15/h12H,4-7H2,1-3H3. The quantitative estimate of drug-likeness (QED) is 0.596. The van der Waals surface area contributed by atoms with E-state index in [1.54, 1.807) is 0 Å². The van der Waals surface area contributed by atoms with Crippen LogP contribution in [0, 0.1) is 4.51 Å². The van der Waals surface area contributed by atoms with Crippen molar-refractivity contribution in [1.82, 2.24) is 0 Å². The van der Waals surface area contributed by atoms with Crippen molar-refractivity contribution in [3.8, 4) is 0 Å². The highest BCUT2D eigenvalue weighted by Gasteiger charge is 2.18. The summed E-state index contributed by atoms with van der Waals surface area (Å²) < 4.78 is 0.454. The zero-order valence-corrected chi connectivity index (χ0v) is 10.4. The monoisotopic (exact) mass is 226 g/mol. The Labute approximate surface area is 95.8 Å².